The molecular formula is C14H13NO2. The van der Waals surface area contributed by atoms with Gasteiger partial charge in [0.2, 0.25) is 0 Å². The topological polar surface area (TPSA) is 39.2 Å². The van der Waals surface area contributed by atoms with E-state index in [0.717, 1.165) is 23.2 Å². The number of carbonyl (C=O) groups is 1. The average molecular weight is 227 g/mol. The summed E-state index contributed by atoms with van der Waals surface area (Å²) in [7, 11) is 0. The van der Waals surface area contributed by atoms with Gasteiger partial charge in [-0.2, -0.15) is 0 Å². The van der Waals surface area contributed by atoms with E-state index in [1.54, 1.807) is 30.5 Å². The van der Waals surface area contributed by atoms with Crippen LogP contribution in [0.1, 0.15) is 21.5 Å². The second-order valence-electron chi connectivity index (χ2n) is 3.85. The third-order valence-corrected chi connectivity index (χ3v) is 2.35. The molecule has 0 atom stereocenters. The number of ether oxygens (including phenoxy) is 1. The molecular weight excluding hydrogens is 214 g/mol. The first-order chi connectivity index (χ1) is 8.28. The van der Waals surface area contributed by atoms with Gasteiger partial charge >= 0.3 is 0 Å². The highest BCUT2D eigenvalue weighted by Crippen LogP contribution is 2.13. The Kier molecular flexibility index (Phi) is 3.50. The highest BCUT2D eigenvalue weighted by atomic mass is 16.5. The zero-order chi connectivity index (χ0) is 12.1. The van der Waals surface area contributed by atoms with Crippen LogP contribution in [0, 0.1) is 6.92 Å². The van der Waals surface area contributed by atoms with Gasteiger partial charge in [0.1, 0.15) is 18.6 Å². The summed E-state index contributed by atoms with van der Waals surface area (Å²) in [6.07, 6.45) is 4.41. The molecule has 3 nitrogen and oxygen atoms in total. The van der Waals surface area contributed by atoms with Crippen molar-refractivity contribution in [1.29, 1.82) is 0 Å². The summed E-state index contributed by atoms with van der Waals surface area (Å²) in [6, 6.07) is 9.07. The molecule has 0 saturated heterocycles. The van der Waals surface area contributed by atoms with Gasteiger partial charge in [0.05, 0.1) is 0 Å². The Bertz CT molecular complexity index is 506. The van der Waals surface area contributed by atoms with Crippen LogP contribution >= 0.6 is 0 Å². The van der Waals surface area contributed by atoms with Crippen molar-refractivity contribution in [3.8, 4) is 5.75 Å². The van der Waals surface area contributed by atoms with Gasteiger partial charge in [-0.1, -0.05) is 0 Å². The fourth-order valence-corrected chi connectivity index (χ4v) is 1.51. The molecule has 1 heterocycles. The van der Waals surface area contributed by atoms with Crippen molar-refractivity contribution in [3.63, 3.8) is 0 Å². The Hall–Kier alpha value is -2.16. The Balaban J connectivity index is 1.99. The van der Waals surface area contributed by atoms with Crippen molar-refractivity contribution in [2.45, 2.75) is 13.5 Å². The van der Waals surface area contributed by atoms with E-state index in [9.17, 15) is 4.79 Å². The minimum Gasteiger partial charge on any atom is -0.489 e. The molecule has 0 spiro atoms. The number of rotatable bonds is 4. The summed E-state index contributed by atoms with van der Waals surface area (Å²) >= 11 is 0. The number of aromatic nitrogens is 1. The van der Waals surface area contributed by atoms with E-state index in [1.807, 2.05) is 19.2 Å². The van der Waals surface area contributed by atoms with Crippen molar-refractivity contribution in [3.05, 3.63) is 59.4 Å². The maximum atomic E-state index is 10.5. The normalized spacial score (nSPS) is 9.94. The number of pyridine rings is 1. The largest absolute Gasteiger partial charge is 0.489 e. The number of hydrogen-bond donors (Lipinski definition) is 0. The quantitative estimate of drug-likeness (QED) is 0.754. The summed E-state index contributed by atoms with van der Waals surface area (Å²) in [5.41, 5.74) is 2.79. The van der Waals surface area contributed by atoms with E-state index in [1.165, 1.54) is 0 Å². The molecule has 0 N–H and O–H groups in total. The molecule has 0 aliphatic heterocycles. The van der Waals surface area contributed by atoms with Gasteiger partial charge in [0.25, 0.3) is 0 Å². The smallest absolute Gasteiger partial charge is 0.150 e. The number of aryl methyl sites for hydroxylation is 1. The first-order valence-corrected chi connectivity index (χ1v) is 5.36. The molecule has 0 fully saturated rings. The van der Waals surface area contributed by atoms with Crippen molar-refractivity contribution >= 4 is 6.29 Å². The summed E-state index contributed by atoms with van der Waals surface area (Å²) in [6.45, 7) is 2.48. The summed E-state index contributed by atoms with van der Waals surface area (Å²) in [5, 5.41) is 0. The van der Waals surface area contributed by atoms with Crippen LogP contribution in [-0.4, -0.2) is 11.3 Å². The van der Waals surface area contributed by atoms with E-state index >= 15 is 0 Å². The monoisotopic (exact) mass is 227 g/mol. The minimum absolute atomic E-state index is 0.481. The molecule has 0 bridgehead atoms. The van der Waals surface area contributed by atoms with Gasteiger partial charge in [-0.3, -0.25) is 9.78 Å². The molecule has 2 rings (SSSR count). The zero-order valence-electron chi connectivity index (χ0n) is 9.59. The summed E-state index contributed by atoms with van der Waals surface area (Å²) in [5.74, 6) is 0.747. The van der Waals surface area contributed by atoms with Crippen molar-refractivity contribution in [1.82, 2.24) is 4.98 Å². The van der Waals surface area contributed by atoms with Crippen molar-refractivity contribution in [2.75, 3.05) is 0 Å². The SMILES string of the molecule is Cc1cncc(COc2ccc(C=O)cc2)c1. The van der Waals surface area contributed by atoms with Gasteiger partial charge in [-0.25, -0.2) is 0 Å². The molecule has 0 saturated carbocycles. The number of carbonyl (C=O) groups excluding carboxylic acids is 1. The van der Waals surface area contributed by atoms with Gasteiger partial charge in [0, 0.05) is 23.5 Å². The van der Waals surface area contributed by atoms with Crippen LogP contribution in [0.2, 0.25) is 0 Å². The fourth-order valence-electron chi connectivity index (χ4n) is 1.51. The lowest BCUT2D eigenvalue weighted by Crippen LogP contribution is -1.96. The number of hydrogen-bond acceptors (Lipinski definition) is 3. The van der Waals surface area contributed by atoms with Crippen LogP contribution < -0.4 is 4.74 Å². The van der Waals surface area contributed by atoms with Crippen LogP contribution in [0.25, 0.3) is 0 Å². The number of nitrogens with zero attached hydrogens (tertiary/aromatic N) is 1. The first-order valence-electron chi connectivity index (χ1n) is 5.36. The summed E-state index contributed by atoms with van der Waals surface area (Å²) in [4.78, 5) is 14.6. The van der Waals surface area contributed by atoms with Crippen LogP contribution in [0.5, 0.6) is 5.75 Å². The Morgan fingerprint density at radius 2 is 2.00 bits per heavy atom. The van der Waals surface area contributed by atoms with E-state index < -0.39 is 0 Å². The molecule has 1 aromatic heterocycles. The van der Waals surface area contributed by atoms with E-state index in [0.29, 0.717) is 12.2 Å². The number of benzene rings is 1. The lowest BCUT2D eigenvalue weighted by molar-refractivity contribution is 0.112. The van der Waals surface area contributed by atoms with Crippen molar-refractivity contribution in [2.24, 2.45) is 0 Å². The maximum absolute atomic E-state index is 10.5. The predicted molar refractivity (Wildman–Crippen MR) is 65.1 cm³/mol. The van der Waals surface area contributed by atoms with Crippen LogP contribution in [0.4, 0.5) is 0 Å². The molecule has 0 unspecified atom stereocenters. The molecule has 0 aliphatic rings. The van der Waals surface area contributed by atoms with Gasteiger partial charge in [0.15, 0.2) is 0 Å². The first kappa shape index (κ1) is 11.3. The molecule has 0 radical (unpaired) electrons. The lowest BCUT2D eigenvalue weighted by Gasteiger charge is -2.06. The minimum atomic E-state index is 0.481. The molecule has 86 valence electrons. The standard InChI is InChI=1S/C14H13NO2/c1-11-6-13(8-15-7-11)10-17-14-4-2-12(9-16)3-5-14/h2-9H,10H2,1H3. The third kappa shape index (κ3) is 3.14. The molecule has 2 aromatic rings. The van der Waals surface area contributed by atoms with Gasteiger partial charge in [-0.05, 0) is 42.8 Å². The molecule has 0 aliphatic carbocycles. The average Bonchev–Trinajstić information content (AvgIpc) is 2.37. The molecule has 17 heavy (non-hydrogen) atoms. The molecule has 3 heteroatoms. The fraction of sp³-hybridized carbons (Fsp3) is 0.143. The predicted octanol–water partition coefficient (Wildman–Crippen LogP) is 2.78. The Morgan fingerprint density at radius 1 is 1.24 bits per heavy atom. The van der Waals surface area contributed by atoms with E-state index in [2.05, 4.69) is 4.98 Å². The Morgan fingerprint density at radius 3 is 2.65 bits per heavy atom. The van der Waals surface area contributed by atoms with Crippen LogP contribution in [0.3, 0.4) is 0 Å². The van der Waals surface area contributed by atoms with Crippen molar-refractivity contribution < 1.29 is 9.53 Å². The third-order valence-electron chi connectivity index (χ3n) is 2.35. The molecule has 0 amide bonds. The highest BCUT2D eigenvalue weighted by molar-refractivity contribution is 5.74. The van der Waals surface area contributed by atoms with Gasteiger partial charge in [-0.15, -0.1) is 0 Å². The highest BCUT2D eigenvalue weighted by Gasteiger charge is 1.97. The Labute approximate surface area is 100 Å². The van der Waals surface area contributed by atoms with E-state index in [-0.39, 0.29) is 0 Å². The zero-order valence-corrected chi connectivity index (χ0v) is 9.59. The van der Waals surface area contributed by atoms with Crippen LogP contribution in [0.15, 0.2) is 42.7 Å². The maximum Gasteiger partial charge on any atom is 0.150 e. The van der Waals surface area contributed by atoms with Gasteiger partial charge < -0.3 is 4.74 Å². The van der Waals surface area contributed by atoms with Crippen LogP contribution in [-0.2, 0) is 6.61 Å². The molecule has 1 aromatic carbocycles. The van der Waals surface area contributed by atoms with E-state index in [4.69, 9.17) is 4.74 Å². The second-order valence-corrected chi connectivity index (χ2v) is 3.85. The lowest BCUT2D eigenvalue weighted by atomic mass is 10.2. The number of aldehydes is 1. The summed E-state index contributed by atoms with van der Waals surface area (Å²) < 4.78 is 5.59. The second kappa shape index (κ2) is 5.25.